The smallest absolute Gasteiger partial charge is 0.305 e. The maximum Gasteiger partial charge on any atom is 0.305 e. The van der Waals surface area contributed by atoms with Gasteiger partial charge >= 0.3 is 5.97 Å². The Balaban J connectivity index is 3.52. The lowest BCUT2D eigenvalue weighted by Crippen LogP contribution is -2.29. The predicted molar refractivity (Wildman–Crippen MR) is 249 cm³/mol. The van der Waals surface area contributed by atoms with Crippen LogP contribution in [-0.4, -0.2) is 85.1 Å². The Hall–Kier alpha value is -0.950. The van der Waals surface area contributed by atoms with Crippen LogP contribution in [0.5, 0.6) is 0 Å². The molecular formula is C51H102N2O4. The molecule has 0 aliphatic heterocycles. The molecule has 57 heavy (non-hydrogen) atoms. The van der Waals surface area contributed by atoms with E-state index in [1.807, 2.05) is 0 Å². The van der Waals surface area contributed by atoms with E-state index in [1.165, 1.54) is 205 Å². The molecule has 6 nitrogen and oxygen atoms in total. The summed E-state index contributed by atoms with van der Waals surface area (Å²) in [6.45, 7) is 11.8. The zero-order chi connectivity index (χ0) is 41.4. The highest BCUT2D eigenvalue weighted by Gasteiger charge is 2.07. The molecule has 0 bridgehead atoms. The zero-order valence-electron chi connectivity index (χ0n) is 38.8. The number of carbonyl (C=O) groups excluding carboxylic acids is 1. The van der Waals surface area contributed by atoms with Crippen molar-refractivity contribution in [3.63, 3.8) is 0 Å². The number of aliphatic hydroxyl groups excluding tert-OH is 2. The molecule has 0 spiro atoms. The number of rotatable bonds is 49. The van der Waals surface area contributed by atoms with Crippen molar-refractivity contribution in [1.29, 1.82) is 0 Å². The van der Waals surface area contributed by atoms with Crippen LogP contribution in [0.4, 0.5) is 0 Å². The third kappa shape index (κ3) is 46.0. The van der Waals surface area contributed by atoms with Gasteiger partial charge in [-0.1, -0.05) is 193 Å². The van der Waals surface area contributed by atoms with Crippen molar-refractivity contribution in [2.75, 3.05) is 59.1 Å². The fourth-order valence-electron chi connectivity index (χ4n) is 8.07. The van der Waals surface area contributed by atoms with Gasteiger partial charge in [-0.05, 0) is 90.4 Å². The maximum atomic E-state index is 12.1. The summed E-state index contributed by atoms with van der Waals surface area (Å²) in [5, 5.41) is 19.0. The summed E-state index contributed by atoms with van der Waals surface area (Å²) in [7, 11) is 0. The van der Waals surface area contributed by atoms with Crippen LogP contribution in [0, 0.1) is 0 Å². The van der Waals surface area contributed by atoms with Gasteiger partial charge in [-0.15, -0.1) is 0 Å². The molecule has 0 atom stereocenters. The van der Waals surface area contributed by atoms with E-state index in [9.17, 15) is 15.0 Å². The Morgan fingerprint density at radius 1 is 0.386 bits per heavy atom. The number of aliphatic hydroxyl groups is 2. The molecule has 340 valence electrons. The van der Waals surface area contributed by atoms with Crippen LogP contribution in [0.15, 0.2) is 12.2 Å². The number of hydrogen-bond acceptors (Lipinski definition) is 6. The summed E-state index contributed by atoms with van der Waals surface area (Å²) < 4.78 is 5.50. The third-order valence-electron chi connectivity index (χ3n) is 11.9. The Labute approximate surface area is 357 Å². The summed E-state index contributed by atoms with van der Waals surface area (Å²) in [5.74, 6) is -0.0111. The van der Waals surface area contributed by atoms with Gasteiger partial charge in [-0.25, -0.2) is 0 Å². The van der Waals surface area contributed by atoms with Crippen LogP contribution in [0.3, 0.4) is 0 Å². The fraction of sp³-hybridized carbons (Fsp3) is 0.941. The molecule has 0 aromatic heterocycles. The van der Waals surface area contributed by atoms with E-state index in [1.54, 1.807) is 0 Å². The highest BCUT2D eigenvalue weighted by molar-refractivity contribution is 5.69. The van der Waals surface area contributed by atoms with Crippen LogP contribution in [0.25, 0.3) is 0 Å². The predicted octanol–water partition coefficient (Wildman–Crippen LogP) is 14.1. The zero-order valence-corrected chi connectivity index (χ0v) is 38.8. The summed E-state index contributed by atoms with van der Waals surface area (Å²) >= 11 is 0. The average molecular weight is 807 g/mol. The summed E-state index contributed by atoms with van der Waals surface area (Å²) in [6, 6.07) is 0. The topological polar surface area (TPSA) is 73.2 Å². The molecule has 0 amide bonds. The number of allylic oxidation sites excluding steroid dienone is 2. The van der Waals surface area contributed by atoms with Gasteiger partial charge in [0.25, 0.3) is 0 Å². The van der Waals surface area contributed by atoms with Crippen molar-refractivity contribution in [1.82, 2.24) is 9.80 Å². The second-order valence-electron chi connectivity index (χ2n) is 17.5. The highest BCUT2D eigenvalue weighted by Crippen LogP contribution is 2.14. The first-order chi connectivity index (χ1) is 28.2. The van der Waals surface area contributed by atoms with Crippen molar-refractivity contribution < 1.29 is 19.7 Å². The van der Waals surface area contributed by atoms with Crippen molar-refractivity contribution in [2.24, 2.45) is 0 Å². The molecule has 0 rings (SSSR count). The average Bonchev–Trinajstić information content (AvgIpc) is 3.21. The minimum absolute atomic E-state index is 0.0111. The van der Waals surface area contributed by atoms with Gasteiger partial charge in [-0.3, -0.25) is 4.79 Å². The van der Waals surface area contributed by atoms with E-state index in [4.69, 9.17) is 4.74 Å². The number of carbonyl (C=O) groups is 1. The number of esters is 1. The molecule has 0 heterocycles. The van der Waals surface area contributed by atoms with E-state index in [2.05, 4.69) is 35.8 Å². The Morgan fingerprint density at radius 2 is 0.684 bits per heavy atom. The van der Waals surface area contributed by atoms with Crippen LogP contribution >= 0.6 is 0 Å². The van der Waals surface area contributed by atoms with Crippen molar-refractivity contribution >= 4 is 5.97 Å². The first-order valence-electron chi connectivity index (χ1n) is 25.6. The van der Waals surface area contributed by atoms with Gasteiger partial charge in [0.05, 0.1) is 19.8 Å². The Kier molecular flexibility index (Phi) is 48.6. The van der Waals surface area contributed by atoms with Crippen LogP contribution in [-0.2, 0) is 9.53 Å². The quantitative estimate of drug-likeness (QED) is 0.0362. The number of nitrogens with zero attached hydrogens (tertiary/aromatic N) is 2. The van der Waals surface area contributed by atoms with E-state index < -0.39 is 0 Å². The number of ether oxygens (including phenoxy) is 1. The van der Waals surface area contributed by atoms with Gasteiger partial charge < -0.3 is 24.7 Å². The summed E-state index contributed by atoms with van der Waals surface area (Å²) in [4.78, 5) is 17.1. The van der Waals surface area contributed by atoms with Gasteiger partial charge in [-0.2, -0.15) is 0 Å². The van der Waals surface area contributed by atoms with E-state index in [0.29, 0.717) is 13.0 Å². The molecule has 6 heteroatoms. The minimum atomic E-state index is -0.0111. The molecule has 0 aromatic rings. The second kappa shape index (κ2) is 49.4. The number of unbranched alkanes of at least 4 members (excludes halogenated alkanes) is 31. The second-order valence-corrected chi connectivity index (χ2v) is 17.5. The summed E-state index contributed by atoms with van der Waals surface area (Å²) in [5.41, 5.74) is 0. The largest absolute Gasteiger partial charge is 0.466 e. The third-order valence-corrected chi connectivity index (χ3v) is 11.9. The van der Waals surface area contributed by atoms with Crippen molar-refractivity contribution in [3.8, 4) is 0 Å². The van der Waals surface area contributed by atoms with Gasteiger partial charge in [0.2, 0.25) is 0 Å². The van der Waals surface area contributed by atoms with Gasteiger partial charge in [0.15, 0.2) is 0 Å². The molecule has 0 aromatic carbocycles. The van der Waals surface area contributed by atoms with Crippen LogP contribution < -0.4 is 0 Å². The van der Waals surface area contributed by atoms with Crippen LogP contribution in [0.2, 0.25) is 0 Å². The minimum Gasteiger partial charge on any atom is -0.466 e. The summed E-state index contributed by atoms with van der Waals surface area (Å²) in [6.07, 6.45) is 51.8. The lowest BCUT2D eigenvalue weighted by Gasteiger charge is -2.21. The van der Waals surface area contributed by atoms with E-state index in [-0.39, 0.29) is 19.2 Å². The first-order valence-corrected chi connectivity index (χ1v) is 25.6. The molecular weight excluding hydrogens is 705 g/mol. The SMILES string of the molecule is CCCCCCCC/C=C\CCCCCCCCN(CCO)CCCCCCCCCC(=O)OCCCCCCCCCCN(CCO)CCCCCCCCC. The Morgan fingerprint density at radius 3 is 1.04 bits per heavy atom. The molecule has 0 radical (unpaired) electrons. The molecule has 0 saturated carbocycles. The fourth-order valence-corrected chi connectivity index (χ4v) is 8.07. The molecule has 0 aliphatic carbocycles. The standard InChI is InChI=1S/C51H102N2O4/c1-3-5-7-9-11-12-13-14-15-16-17-18-19-25-31-37-43-53(47-49-55)45-39-33-27-22-23-29-35-41-51(56)57-50-40-34-28-21-20-26-32-38-44-52(46-48-54)42-36-30-24-10-8-6-4-2/h14-15,54-55H,3-13,16-50H2,1-2H3/b15-14-. The lowest BCUT2D eigenvalue weighted by atomic mass is 10.1. The van der Waals surface area contributed by atoms with Crippen molar-refractivity contribution in [2.45, 2.75) is 251 Å². The van der Waals surface area contributed by atoms with E-state index in [0.717, 1.165) is 65.0 Å². The van der Waals surface area contributed by atoms with Crippen molar-refractivity contribution in [3.05, 3.63) is 12.2 Å². The maximum absolute atomic E-state index is 12.1. The number of hydrogen-bond donors (Lipinski definition) is 2. The molecule has 0 saturated heterocycles. The molecule has 0 unspecified atom stereocenters. The monoisotopic (exact) mass is 807 g/mol. The lowest BCUT2D eigenvalue weighted by molar-refractivity contribution is -0.143. The van der Waals surface area contributed by atoms with Gasteiger partial charge in [0, 0.05) is 19.5 Å². The molecule has 2 N–H and O–H groups in total. The molecule has 0 aliphatic rings. The molecule has 0 fully saturated rings. The first kappa shape index (κ1) is 56.0. The van der Waals surface area contributed by atoms with Gasteiger partial charge in [0.1, 0.15) is 0 Å². The highest BCUT2D eigenvalue weighted by atomic mass is 16.5. The Bertz CT molecular complexity index is 793. The van der Waals surface area contributed by atoms with Crippen LogP contribution in [0.1, 0.15) is 251 Å². The normalized spacial score (nSPS) is 11.9. The van der Waals surface area contributed by atoms with E-state index >= 15 is 0 Å².